The second kappa shape index (κ2) is 10.4. The summed E-state index contributed by atoms with van der Waals surface area (Å²) in [7, 11) is 0. The predicted molar refractivity (Wildman–Crippen MR) is 140 cm³/mol. The number of benzene rings is 2. The van der Waals surface area contributed by atoms with Crippen LogP contribution in [0.3, 0.4) is 0 Å². The summed E-state index contributed by atoms with van der Waals surface area (Å²) < 4.78 is 7.90. The molecule has 0 aliphatic carbocycles. The smallest absolute Gasteiger partial charge is 0.251 e. The summed E-state index contributed by atoms with van der Waals surface area (Å²) in [6.45, 7) is 12.8. The van der Waals surface area contributed by atoms with Gasteiger partial charge in [0, 0.05) is 44.6 Å². The highest BCUT2D eigenvalue weighted by atomic mass is 16.5. The minimum atomic E-state index is -0.178. The Morgan fingerprint density at radius 3 is 2.61 bits per heavy atom. The molecule has 0 fully saturated rings. The van der Waals surface area contributed by atoms with E-state index in [-0.39, 0.29) is 11.9 Å². The summed E-state index contributed by atoms with van der Waals surface area (Å²) in [6.07, 6.45) is 2.66. The Labute approximate surface area is 213 Å². The molecule has 2 aliphatic heterocycles. The van der Waals surface area contributed by atoms with Gasteiger partial charge in [-0.1, -0.05) is 43.2 Å². The highest BCUT2D eigenvalue weighted by Gasteiger charge is 2.27. The molecule has 1 aromatic heterocycles. The molecule has 190 valence electrons. The Morgan fingerprint density at radius 2 is 1.83 bits per heavy atom. The third-order valence-corrected chi connectivity index (χ3v) is 7.12. The van der Waals surface area contributed by atoms with Crippen LogP contribution in [0, 0.1) is 19.8 Å². The maximum Gasteiger partial charge on any atom is 0.251 e. The van der Waals surface area contributed by atoms with Gasteiger partial charge in [0.2, 0.25) is 0 Å². The summed E-state index contributed by atoms with van der Waals surface area (Å²) in [5.74, 6) is 3.26. The van der Waals surface area contributed by atoms with E-state index in [1.807, 2.05) is 26.0 Å². The molecule has 2 aromatic carbocycles. The van der Waals surface area contributed by atoms with Crippen LogP contribution in [-0.4, -0.2) is 45.3 Å². The first-order valence-electron chi connectivity index (χ1n) is 13.1. The first-order chi connectivity index (χ1) is 17.4. The summed E-state index contributed by atoms with van der Waals surface area (Å²) in [5.41, 5.74) is 5.52. The second-order valence-electron chi connectivity index (χ2n) is 10.7. The molecular weight excluding hydrogens is 450 g/mol. The molecule has 0 spiro atoms. The number of rotatable bonds is 7. The summed E-state index contributed by atoms with van der Waals surface area (Å²) in [4.78, 5) is 15.7. The number of ether oxygens (including phenoxy) is 1. The minimum Gasteiger partial charge on any atom is -0.493 e. The molecular formula is C29H37N5O2. The highest BCUT2D eigenvalue weighted by molar-refractivity contribution is 5.94. The average Bonchev–Trinajstić information content (AvgIpc) is 3.41. The van der Waals surface area contributed by atoms with Crippen LogP contribution >= 0.6 is 0 Å². The lowest BCUT2D eigenvalue weighted by Crippen LogP contribution is -2.32. The zero-order valence-electron chi connectivity index (χ0n) is 21.9. The van der Waals surface area contributed by atoms with Crippen LogP contribution in [0.4, 0.5) is 0 Å². The zero-order valence-corrected chi connectivity index (χ0v) is 21.9. The van der Waals surface area contributed by atoms with Crippen molar-refractivity contribution in [1.82, 2.24) is 25.0 Å². The van der Waals surface area contributed by atoms with E-state index >= 15 is 0 Å². The lowest BCUT2D eigenvalue weighted by Gasteiger charge is -2.22. The third kappa shape index (κ3) is 5.46. The van der Waals surface area contributed by atoms with Gasteiger partial charge >= 0.3 is 0 Å². The molecule has 36 heavy (non-hydrogen) atoms. The van der Waals surface area contributed by atoms with Crippen molar-refractivity contribution in [1.29, 1.82) is 0 Å². The summed E-state index contributed by atoms with van der Waals surface area (Å²) >= 11 is 0. The van der Waals surface area contributed by atoms with Crippen LogP contribution in [0.1, 0.15) is 70.6 Å². The molecule has 7 nitrogen and oxygen atoms in total. The number of nitrogens with one attached hydrogen (secondary N) is 1. The lowest BCUT2D eigenvalue weighted by molar-refractivity contribution is 0.0928. The van der Waals surface area contributed by atoms with Gasteiger partial charge in [-0.15, -0.1) is 10.2 Å². The number of amides is 1. The molecule has 0 saturated carbocycles. The fourth-order valence-corrected chi connectivity index (χ4v) is 5.45. The van der Waals surface area contributed by atoms with Crippen molar-refractivity contribution in [2.45, 2.75) is 66.1 Å². The SMILES string of the molecule is Cc1cc(C)cc(C(=O)N[C@H](CC(C)C)c2nnc3n2CCN(Cc2ccc4c(c2)CCO4)CC3)c1. The van der Waals surface area contributed by atoms with Gasteiger partial charge in [0.15, 0.2) is 5.82 Å². The van der Waals surface area contributed by atoms with Gasteiger partial charge in [0.05, 0.1) is 12.6 Å². The van der Waals surface area contributed by atoms with E-state index in [0.29, 0.717) is 11.5 Å². The van der Waals surface area contributed by atoms with E-state index in [2.05, 4.69) is 63.1 Å². The van der Waals surface area contributed by atoms with Crippen LogP contribution in [0.15, 0.2) is 36.4 Å². The number of fused-ring (bicyclic) bond motifs is 2. The number of hydrogen-bond acceptors (Lipinski definition) is 5. The fourth-order valence-electron chi connectivity index (χ4n) is 5.45. The number of aromatic nitrogens is 3. The largest absolute Gasteiger partial charge is 0.493 e. The Kier molecular flexibility index (Phi) is 7.10. The summed E-state index contributed by atoms with van der Waals surface area (Å²) in [5, 5.41) is 12.4. The van der Waals surface area contributed by atoms with Crippen molar-refractivity contribution < 1.29 is 9.53 Å². The number of aryl methyl sites for hydroxylation is 2. The van der Waals surface area contributed by atoms with Crippen LogP contribution in [0.5, 0.6) is 5.75 Å². The molecule has 0 saturated heterocycles. The van der Waals surface area contributed by atoms with E-state index < -0.39 is 0 Å². The van der Waals surface area contributed by atoms with Crippen molar-refractivity contribution in [2.75, 3.05) is 19.7 Å². The van der Waals surface area contributed by atoms with E-state index in [4.69, 9.17) is 4.74 Å². The van der Waals surface area contributed by atoms with E-state index in [0.717, 1.165) is 80.6 Å². The van der Waals surface area contributed by atoms with Crippen LogP contribution < -0.4 is 10.1 Å². The van der Waals surface area contributed by atoms with Gasteiger partial charge in [-0.3, -0.25) is 9.69 Å². The van der Waals surface area contributed by atoms with Crippen LogP contribution in [0.2, 0.25) is 0 Å². The first-order valence-corrected chi connectivity index (χ1v) is 13.1. The van der Waals surface area contributed by atoms with Crippen LogP contribution in [-0.2, 0) is 25.9 Å². The molecule has 1 amide bonds. The molecule has 0 bridgehead atoms. The zero-order chi connectivity index (χ0) is 25.2. The molecule has 5 rings (SSSR count). The Balaban J connectivity index is 1.31. The quantitative estimate of drug-likeness (QED) is 0.535. The Hall–Kier alpha value is -3.19. The topological polar surface area (TPSA) is 72.3 Å². The molecule has 0 radical (unpaired) electrons. The maximum atomic E-state index is 13.2. The Morgan fingerprint density at radius 1 is 1.03 bits per heavy atom. The lowest BCUT2D eigenvalue weighted by atomic mass is 10.0. The van der Waals surface area contributed by atoms with Gasteiger partial charge in [0.25, 0.3) is 5.91 Å². The molecule has 3 heterocycles. The van der Waals surface area contributed by atoms with E-state index in [9.17, 15) is 4.79 Å². The minimum absolute atomic E-state index is 0.0550. The van der Waals surface area contributed by atoms with Gasteiger partial charge in [-0.2, -0.15) is 0 Å². The van der Waals surface area contributed by atoms with Crippen molar-refractivity contribution >= 4 is 5.91 Å². The van der Waals surface area contributed by atoms with Gasteiger partial charge in [-0.05, 0) is 55.5 Å². The van der Waals surface area contributed by atoms with Gasteiger partial charge in [0.1, 0.15) is 11.6 Å². The first kappa shape index (κ1) is 24.5. The fraction of sp³-hybridized carbons (Fsp3) is 0.483. The van der Waals surface area contributed by atoms with Crippen molar-refractivity contribution in [3.63, 3.8) is 0 Å². The summed E-state index contributed by atoms with van der Waals surface area (Å²) in [6, 6.07) is 12.4. The molecule has 0 unspecified atom stereocenters. The van der Waals surface area contributed by atoms with Crippen molar-refractivity contribution in [2.24, 2.45) is 5.92 Å². The van der Waals surface area contributed by atoms with Crippen molar-refractivity contribution in [3.8, 4) is 5.75 Å². The normalized spacial score (nSPS) is 16.2. The Bertz CT molecular complexity index is 1230. The number of carbonyl (C=O) groups is 1. The highest BCUT2D eigenvalue weighted by Crippen LogP contribution is 2.27. The van der Waals surface area contributed by atoms with Crippen molar-refractivity contribution in [3.05, 3.63) is 75.9 Å². The second-order valence-corrected chi connectivity index (χ2v) is 10.7. The maximum absolute atomic E-state index is 13.2. The molecule has 1 N–H and O–H groups in total. The number of nitrogens with zero attached hydrogens (tertiary/aromatic N) is 4. The number of hydrogen-bond donors (Lipinski definition) is 1. The average molecular weight is 488 g/mol. The molecule has 3 aromatic rings. The van der Waals surface area contributed by atoms with Gasteiger partial charge < -0.3 is 14.6 Å². The third-order valence-electron chi connectivity index (χ3n) is 7.12. The molecule has 7 heteroatoms. The van der Waals surface area contributed by atoms with E-state index in [1.165, 1.54) is 11.1 Å². The molecule has 1 atom stereocenters. The number of carbonyl (C=O) groups excluding carboxylic acids is 1. The van der Waals surface area contributed by atoms with E-state index in [1.54, 1.807) is 0 Å². The standard InChI is InChI=1S/C29H37N5O2/c1-19(2)13-25(30-29(35)24-15-20(3)14-21(4)16-24)28-32-31-27-7-9-33(10-11-34(27)28)18-22-5-6-26-23(17-22)8-12-36-26/h5-6,14-17,19,25H,7-13,18H2,1-4H3,(H,30,35)/t25-/m1/s1. The molecule has 2 aliphatic rings. The van der Waals surface area contributed by atoms with Gasteiger partial charge in [-0.25, -0.2) is 0 Å². The monoisotopic (exact) mass is 487 g/mol. The predicted octanol–water partition coefficient (Wildman–Crippen LogP) is 4.41. The van der Waals surface area contributed by atoms with Crippen LogP contribution in [0.25, 0.3) is 0 Å².